The number of unbranched alkanes of at least 4 members (excludes halogenated alkanes) is 12. The number of carboxylic acids is 1. The fraction of sp³-hybridized carbons (Fsp3) is 0.594. The number of aliphatic carboxylic acids is 1. The number of aliphatic hydroxyl groups excluding tert-OH is 2. The second kappa shape index (κ2) is 55.2. The Kier molecular flexibility index (Phi) is 50.1. The highest BCUT2D eigenvalue weighted by molar-refractivity contribution is 5.74. The molecule has 0 aromatic carbocycles. The van der Waals surface area contributed by atoms with E-state index in [-0.39, 0.29) is 25.9 Å². The van der Waals surface area contributed by atoms with E-state index in [1.54, 1.807) is 0 Å². The minimum Gasteiger partial charge on any atom is -0.479 e. The lowest BCUT2D eigenvalue weighted by atomic mass is 9.98. The third-order valence-corrected chi connectivity index (χ3v) is 12.9. The fourth-order valence-corrected chi connectivity index (χ4v) is 8.22. The van der Waals surface area contributed by atoms with Crippen LogP contribution in [0.2, 0.25) is 0 Å². The van der Waals surface area contributed by atoms with Crippen LogP contribution in [0.5, 0.6) is 0 Å². The summed E-state index contributed by atoms with van der Waals surface area (Å²) in [5.74, 6) is -3.30. The van der Waals surface area contributed by atoms with Gasteiger partial charge in [-0.05, 0) is 135 Å². The fourth-order valence-electron chi connectivity index (χ4n) is 8.22. The van der Waals surface area contributed by atoms with E-state index in [1.165, 1.54) is 25.7 Å². The molecule has 0 spiro atoms. The summed E-state index contributed by atoms with van der Waals surface area (Å²) < 4.78 is 28.3. The van der Waals surface area contributed by atoms with Crippen molar-refractivity contribution >= 4 is 23.9 Å². The van der Waals surface area contributed by atoms with Crippen LogP contribution in [0.25, 0.3) is 0 Å². The molecular formula is C69H106O12. The molecule has 81 heavy (non-hydrogen) atoms. The van der Waals surface area contributed by atoms with Crippen molar-refractivity contribution in [2.24, 2.45) is 0 Å². The quantitative estimate of drug-likeness (QED) is 0.0228. The highest BCUT2D eigenvalue weighted by Crippen LogP contribution is 2.26. The SMILES string of the molecule is CC/C=C\C/C=C\C/C=C\C/C=C\C/C=C\CCCC(=O)OC1C(OCC(COC(=O)CCCCCCCC/C=C\C/C=C\C/C=C\CCCCC)OC(=O)CCCC/C=C\C/C=C\C/C=C\C/C=C\CC)OC(C(=O)O)C(O)C1O. The molecule has 1 aliphatic heterocycles. The molecule has 12 heteroatoms. The lowest BCUT2D eigenvalue weighted by Crippen LogP contribution is -2.61. The summed E-state index contributed by atoms with van der Waals surface area (Å²) in [4.78, 5) is 51.2. The molecule has 6 unspecified atom stereocenters. The van der Waals surface area contributed by atoms with Crippen LogP contribution in [0.3, 0.4) is 0 Å². The molecule has 12 nitrogen and oxygen atoms in total. The minimum absolute atomic E-state index is 0.0327. The van der Waals surface area contributed by atoms with Gasteiger partial charge in [-0.1, -0.05) is 205 Å². The van der Waals surface area contributed by atoms with Crippen molar-refractivity contribution in [3.8, 4) is 0 Å². The third kappa shape index (κ3) is 44.9. The van der Waals surface area contributed by atoms with Crippen molar-refractivity contribution in [3.63, 3.8) is 0 Å². The van der Waals surface area contributed by atoms with Crippen molar-refractivity contribution in [1.82, 2.24) is 0 Å². The van der Waals surface area contributed by atoms with Crippen LogP contribution < -0.4 is 0 Å². The predicted octanol–water partition coefficient (Wildman–Crippen LogP) is 16.3. The Morgan fingerprint density at radius 1 is 0.420 bits per heavy atom. The van der Waals surface area contributed by atoms with Gasteiger partial charge >= 0.3 is 23.9 Å². The summed E-state index contributed by atoms with van der Waals surface area (Å²) in [6, 6.07) is 0. The molecule has 3 N–H and O–H groups in total. The van der Waals surface area contributed by atoms with E-state index < -0.39 is 67.3 Å². The average molecular weight is 1130 g/mol. The Balaban J connectivity index is 2.75. The molecule has 0 radical (unpaired) electrons. The maximum absolute atomic E-state index is 13.2. The topological polar surface area (TPSA) is 175 Å². The lowest BCUT2D eigenvalue weighted by Gasteiger charge is -2.40. The Hall–Kier alpha value is -5.40. The second-order valence-electron chi connectivity index (χ2n) is 20.2. The molecule has 0 saturated carbocycles. The van der Waals surface area contributed by atoms with Crippen LogP contribution in [0.1, 0.15) is 213 Å². The summed E-state index contributed by atoms with van der Waals surface area (Å²) in [5, 5.41) is 31.5. The molecule has 454 valence electrons. The van der Waals surface area contributed by atoms with Gasteiger partial charge in [-0.15, -0.1) is 0 Å². The Morgan fingerprint density at radius 2 is 0.790 bits per heavy atom. The van der Waals surface area contributed by atoms with Crippen molar-refractivity contribution < 1.29 is 58.2 Å². The van der Waals surface area contributed by atoms with Gasteiger partial charge < -0.3 is 39.0 Å². The monoisotopic (exact) mass is 1130 g/mol. The number of carbonyl (C=O) groups is 4. The highest BCUT2D eigenvalue weighted by atomic mass is 16.7. The lowest BCUT2D eigenvalue weighted by molar-refractivity contribution is -0.301. The van der Waals surface area contributed by atoms with Crippen LogP contribution in [-0.4, -0.2) is 89.2 Å². The van der Waals surface area contributed by atoms with Gasteiger partial charge in [0.15, 0.2) is 24.6 Å². The number of hydrogen-bond donors (Lipinski definition) is 3. The zero-order chi connectivity index (χ0) is 58.9. The van der Waals surface area contributed by atoms with Gasteiger partial charge in [-0.25, -0.2) is 4.79 Å². The molecular weight excluding hydrogens is 1020 g/mol. The van der Waals surface area contributed by atoms with Crippen LogP contribution >= 0.6 is 0 Å². The highest BCUT2D eigenvalue weighted by Gasteiger charge is 2.50. The maximum Gasteiger partial charge on any atom is 0.335 e. The van der Waals surface area contributed by atoms with E-state index in [9.17, 15) is 34.5 Å². The molecule has 1 aliphatic rings. The smallest absolute Gasteiger partial charge is 0.335 e. The van der Waals surface area contributed by atoms with Crippen molar-refractivity contribution in [3.05, 3.63) is 146 Å². The van der Waals surface area contributed by atoms with E-state index in [2.05, 4.69) is 154 Å². The van der Waals surface area contributed by atoms with E-state index in [0.717, 1.165) is 122 Å². The van der Waals surface area contributed by atoms with Crippen LogP contribution in [0.15, 0.2) is 146 Å². The van der Waals surface area contributed by atoms with Gasteiger partial charge in [0.05, 0.1) is 6.61 Å². The number of ether oxygens (including phenoxy) is 5. The first-order chi connectivity index (χ1) is 39.6. The first kappa shape index (κ1) is 73.6. The minimum atomic E-state index is -1.94. The zero-order valence-corrected chi connectivity index (χ0v) is 50.0. The maximum atomic E-state index is 13.2. The van der Waals surface area contributed by atoms with Crippen molar-refractivity contribution in [2.45, 2.75) is 250 Å². The largest absolute Gasteiger partial charge is 0.479 e. The number of carbonyl (C=O) groups excluding carboxylic acids is 3. The molecule has 0 bridgehead atoms. The van der Waals surface area contributed by atoms with Crippen LogP contribution in [-0.2, 0) is 42.9 Å². The van der Waals surface area contributed by atoms with Gasteiger partial charge in [-0.2, -0.15) is 0 Å². The Bertz CT molecular complexity index is 1960. The van der Waals surface area contributed by atoms with E-state index in [4.69, 9.17) is 23.7 Å². The molecule has 1 saturated heterocycles. The van der Waals surface area contributed by atoms with E-state index in [1.807, 2.05) is 12.2 Å². The molecule has 0 aliphatic carbocycles. The predicted molar refractivity (Wildman–Crippen MR) is 330 cm³/mol. The Morgan fingerprint density at radius 3 is 1.25 bits per heavy atom. The summed E-state index contributed by atoms with van der Waals surface area (Å²) in [5.41, 5.74) is 0. The summed E-state index contributed by atoms with van der Waals surface area (Å²) in [7, 11) is 0. The summed E-state index contributed by atoms with van der Waals surface area (Å²) in [6.07, 6.45) is 66.7. The number of allylic oxidation sites excluding steroid dienone is 24. The van der Waals surface area contributed by atoms with Gasteiger partial charge in [0.1, 0.15) is 18.8 Å². The number of carboxylic acid groups (broad SMARTS) is 1. The molecule has 0 aromatic heterocycles. The second-order valence-corrected chi connectivity index (χ2v) is 20.2. The van der Waals surface area contributed by atoms with E-state index in [0.29, 0.717) is 25.7 Å². The number of rotatable bonds is 50. The zero-order valence-electron chi connectivity index (χ0n) is 50.0. The Labute approximate surface area is 489 Å². The van der Waals surface area contributed by atoms with Crippen LogP contribution in [0.4, 0.5) is 0 Å². The van der Waals surface area contributed by atoms with E-state index >= 15 is 0 Å². The average Bonchev–Trinajstić information content (AvgIpc) is 3.53. The molecule has 6 atom stereocenters. The number of esters is 3. The number of aliphatic hydroxyl groups is 2. The molecule has 0 aromatic rings. The third-order valence-electron chi connectivity index (χ3n) is 12.9. The molecule has 0 amide bonds. The molecule has 1 heterocycles. The van der Waals surface area contributed by atoms with Crippen molar-refractivity contribution in [1.29, 1.82) is 0 Å². The van der Waals surface area contributed by atoms with Gasteiger partial charge in [0.25, 0.3) is 0 Å². The van der Waals surface area contributed by atoms with Gasteiger partial charge in [-0.3, -0.25) is 14.4 Å². The first-order valence-corrected chi connectivity index (χ1v) is 30.8. The standard InChI is InChI=1S/C69H106O12/c1-4-7-10-13-16-19-22-25-28-30-31-33-35-37-40-43-46-49-52-55-61(70)77-58-60(79-62(71)56-53-50-47-44-41-38-34-27-24-21-18-15-12-9-6-3)59-78-69-67(65(74)64(73)66(81-69)68(75)76)80-63(72)57-54-51-48-45-42-39-36-32-29-26-23-20-17-14-11-8-5-2/h8-9,11-12,16-21,25-29,31,33-34,36,39,41,44-45,48,60,64-67,69,73-74H,4-7,10,13-15,22-24,30,32,35,37-38,40,42-43,46-47,49-59H2,1-3H3,(H,75,76)/b11-8-,12-9-,19-16-,20-17-,21-18-,28-25-,29-26-,33-31-,34-27-,39-36-,44-41-,48-45-. The van der Waals surface area contributed by atoms with Crippen molar-refractivity contribution in [2.75, 3.05) is 13.2 Å². The van der Waals surface area contributed by atoms with Crippen LogP contribution in [0, 0.1) is 0 Å². The number of hydrogen-bond acceptors (Lipinski definition) is 11. The molecule has 1 rings (SSSR count). The summed E-state index contributed by atoms with van der Waals surface area (Å²) in [6.45, 7) is 5.66. The molecule has 1 fully saturated rings. The van der Waals surface area contributed by atoms with Gasteiger partial charge in [0.2, 0.25) is 0 Å². The first-order valence-electron chi connectivity index (χ1n) is 30.8. The summed E-state index contributed by atoms with van der Waals surface area (Å²) >= 11 is 0. The van der Waals surface area contributed by atoms with Gasteiger partial charge in [0, 0.05) is 19.3 Å². The normalized spacial score (nSPS) is 18.8.